The predicted molar refractivity (Wildman–Crippen MR) is 60.1 cm³/mol. The number of benzene rings is 1. The Kier molecular flexibility index (Phi) is 3.05. The zero-order valence-electron chi connectivity index (χ0n) is 9.15. The van der Waals surface area contributed by atoms with Crippen molar-refractivity contribution in [1.82, 2.24) is 5.01 Å². The van der Waals surface area contributed by atoms with Crippen LogP contribution in [0.4, 0.5) is 0 Å². The zero-order valence-corrected chi connectivity index (χ0v) is 9.15. The van der Waals surface area contributed by atoms with Crippen molar-refractivity contribution in [2.75, 3.05) is 20.2 Å². The second-order valence-corrected chi connectivity index (χ2v) is 4.10. The second-order valence-electron chi connectivity index (χ2n) is 4.10. The standard InChI is InChI=1S/C12H18N2O/c1-15-12(7-9-14(13)10-8-12)11-5-3-2-4-6-11/h2-6H,7-10,13H2,1H3. The van der Waals surface area contributed by atoms with Gasteiger partial charge in [0.1, 0.15) is 0 Å². The van der Waals surface area contributed by atoms with Gasteiger partial charge in [-0.3, -0.25) is 5.84 Å². The molecule has 0 amide bonds. The van der Waals surface area contributed by atoms with E-state index < -0.39 is 0 Å². The lowest BCUT2D eigenvalue weighted by atomic mass is 9.84. The molecule has 0 saturated carbocycles. The number of ether oxygens (including phenoxy) is 1. The van der Waals surface area contributed by atoms with Gasteiger partial charge in [-0.25, -0.2) is 5.01 Å². The van der Waals surface area contributed by atoms with Gasteiger partial charge in [-0.2, -0.15) is 0 Å². The number of nitrogens with two attached hydrogens (primary N) is 1. The zero-order chi connectivity index (χ0) is 10.7. The van der Waals surface area contributed by atoms with Gasteiger partial charge in [0.25, 0.3) is 0 Å². The smallest absolute Gasteiger partial charge is 0.0953 e. The molecule has 3 nitrogen and oxygen atoms in total. The highest BCUT2D eigenvalue weighted by Gasteiger charge is 2.35. The second kappa shape index (κ2) is 4.31. The molecular weight excluding hydrogens is 188 g/mol. The molecule has 1 fully saturated rings. The number of methoxy groups -OCH3 is 1. The molecule has 0 unspecified atom stereocenters. The number of hydrogen-bond acceptors (Lipinski definition) is 3. The van der Waals surface area contributed by atoms with E-state index in [0.717, 1.165) is 25.9 Å². The maximum absolute atomic E-state index is 5.77. The Labute approximate surface area is 90.8 Å². The summed E-state index contributed by atoms with van der Waals surface area (Å²) in [7, 11) is 1.79. The Morgan fingerprint density at radius 1 is 1.20 bits per heavy atom. The Morgan fingerprint density at radius 3 is 2.33 bits per heavy atom. The van der Waals surface area contributed by atoms with Crippen LogP contribution >= 0.6 is 0 Å². The quantitative estimate of drug-likeness (QED) is 0.745. The van der Waals surface area contributed by atoms with E-state index in [2.05, 4.69) is 24.3 Å². The van der Waals surface area contributed by atoms with Gasteiger partial charge in [-0.15, -0.1) is 0 Å². The fourth-order valence-electron chi connectivity index (χ4n) is 2.24. The van der Waals surface area contributed by atoms with Crippen LogP contribution in [0, 0.1) is 0 Å². The molecule has 0 radical (unpaired) electrons. The summed E-state index contributed by atoms with van der Waals surface area (Å²) < 4.78 is 5.73. The summed E-state index contributed by atoms with van der Waals surface area (Å²) in [4.78, 5) is 0. The first kappa shape index (κ1) is 10.6. The summed E-state index contributed by atoms with van der Waals surface area (Å²) in [5.41, 5.74) is 1.14. The van der Waals surface area contributed by atoms with Gasteiger partial charge in [0, 0.05) is 20.2 Å². The van der Waals surface area contributed by atoms with E-state index in [9.17, 15) is 0 Å². The molecule has 0 spiro atoms. The van der Waals surface area contributed by atoms with Gasteiger partial charge in [0.05, 0.1) is 5.60 Å². The monoisotopic (exact) mass is 206 g/mol. The van der Waals surface area contributed by atoms with E-state index >= 15 is 0 Å². The minimum atomic E-state index is -0.128. The minimum Gasteiger partial charge on any atom is -0.373 e. The third-order valence-electron chi connectivity index (χ3n) is 3.30. The van der Waals surface area contributed by atoms with E-state index in [0.29, 0.717) is 0 Å². The SMILES string of the molecule is COC1(c2ccccc2)CCN(N)CC1. The molecule has 2 rings (SSSR count). The molecule has 1 heterocycles. The van der Waals surface area contributed by atoms with Gasteiger partial charge in [0.2, 0.25) is 0 Å². The molecule has 0 aromatic heterocycles. The lowest BCUT2D eigenvalue weighted by Crippen LogP contribution is -2.46. The first-order valence-corrected chi connectivity index (χ1v) is 5.37. The number of hydrazine groups is 1. The van der Waals surface area contributed by atoms with Crippen LogP contribution in [-0.2, 0) is 10.3 Å². The molecule has 1 aliphatic heterocycles. The average Bonchev–Trinajstić information content (AvgIpc) is 2.32. The first-order valence-electron chi connectivity index (χ1n) is 5.37. The van der Waals surface area contributed by atoms with Crippen molar-refractivity contribution in [3.63, 3.8) is 0 Å². The molecule has 0 atom stereocenters. The molecule has 0 bridgehead atoms. The fraction of sp³-hybridized carbons (Fsp3) is 0.500. The first-order chi connectivity index (χ1) is 7.27. The highest BCUT2D eigenvalue weighted by atomic mass is 16.5. The van der Waals surface area contributed by atoms with Crippen molar-refractivity contribution in [3.8, 4) is 0 Å². The molecule has 1 aliphatic rings. The maximum atomic E-state index is 5.77. The molecule has 2 N–H and O–H groups in total. The maximum Gasteiger partial charge on any atom is 0.0953 e. The summed E-state index contributed by atoms with van der Waals surface area (Å²) in [6.07, 6.45) is 1.92. The summed E-state index contributed by atoms with van der Waals surface area (Å²) >= 11 is 0. The van der Waals surface area contributed by atoms with E-state index in [1.54, 1.807) is 7.11 Å². The van der Waals surface area contributed by atoms with Crippen molar-refractivity contribution in [1.29, 1.82) is 0 Å². The molecule has 1 saturated heterocycles. The van der Waals surface area contributed by atoms with E-state index in [4.69, 9.17) is 10.6 Å². The van der Waals surface area contributed by atoms with Crippen molar-refractivity contribution >= 4 is 0 Å². The van der Waals surface area contributed by atoms with Crippen LogP contribution in [-0.4, -0.2) is 25.2 Å². The summed E-state index contributed by atoms with van der Waals surface area (Å²) in [5.74, 6) is 5.77. The molecule has 0 aliphatic carbocycles. The van der Waals surface area contributed by atoms with Gasteiger partial charge in [-0.1, -0.05) is 30.3 Å². The molecule has 1 aromatic rings. The van der Waals surface area contributed by atoms with Crippen LogP contribution in [0.5, 0.6) is 0 Å². The largest absolute Gasteiger partial charge is 0.373 e. The Balaban J connectivity index is 2.23. The van der Waals surface area contributed by atoms with Gasteiger partial charge < -0.3 is 4.74 Å². The number of nitrogens with zero attached hydrogens (tertiary/aromatic N) is 1. The van der Waals surface area contributed by atoms with E-state index in [-0.39, 0.29) is 5.60 Å². The van der Waals surface area contributed by atoms with Gasteiger partial charge in [0.15, 0.2) is 0 Å². The Bertz CT molecular complexity index is 305. The van der Waals surface area contributed by atoms with Gasteiger partial charge >= 0.3 is 0 Å². The Morgan fingerprint density at radius 2 is 1.80 bits per heavy atom. The van der Waals surface area contributed by atoms with Crippen molar-refractivity contribution < 1.29 is 4.74 Å². The third-order valence-corrected chi connectivity index (χ3v) is 3.30. The molecule has 1 aromatic carbocycles. The highest BCUT2D eigenvalue weighted by Crippen LogP contribution is 2.35. The van der Waals surface area contributed by atoms with E-state index in [1.165, 1.54) is 5.56 Å². The van der Waals surface area contributed by atoms with Crippen molar-refractivity contribution in [3.05, 3.63) is 35.9 Å². The van der Waals surface area contributed by atoms with Crippen LogP contribution in [0.3, 0.4) is 0 Å². The number of rotatable bonds is 2. The lowest BCUT2D eigenvalue weighted by Gasteiger charge is -2.39. The minimum absolute atomic E-state index is 0.128. The molecular formula is C12H18N2O. The molecule has 15 heavy (non-hydrogen) atoms. The summed E-state index contributed by atoms with van der Waals surface area (Å²) in [5, 5.41) is 1.86. The Hall–Kier alpha value is -0.900. The highest BCUT2D eigenvalue weighted by molar-refractivity contribution is 5.23. The van der Waals surface area contributed by atoms with Crippen LogP contribution in [0.1, 0.15) is 18.4 Å². The normalized spacial score (nSPS) is 21.5. The summed E-state index contributed by atoms with van der Waals surface area (Å²) in [6, 6.07) is 10.4. The van der Waals surface area contributed by atoms with Crippen LogP contribution in [0.15, 0.2) is 30.3 Å². The average molecular weight is 206 g/mol. The third kappa shape index (κ3) is 2.04. The van der Waals surface area contributed by atoms with Crippen LogP contribution < -0.4 is 5.84 Å². The summed E-state index contributed by atoms with van der Waals surface area (Å²) in [6.45, 7) is 1.78. The topological polar surface area (TPSA) is 38.5 Å². The lowest BCUT2D eigenvalue weighted by molar-refractivity contribution is -0.0627. The van der Waals surface area contributed by atoms with Crippen molar-refractivity contribution in [2.45, 2.75) is 18.4 Å². The van der Waals surface area contributed by atoms with Gasteiger partial charge in [-0.05, 0) is 18.4 Å². The van der Waals surface area contributed by atoms with Crippen LogP contribution in [0.25, 0.3) is 0 Å². The van der Waals surface area contributed by atoms with Crippen LogP contribution in [0.2, 0.25) is 0 Å². The predicted octanol–water partition coefficient (Wildman–Crippen LogP) is 1.50. The number of piperidine rings is 1. The number of hydrogen-bond donors (Lipinski definition) is 1. The fourth-order valence-corrected chi connectivity index (χ4v) is 2.24. The van der Waals surface area contributed by atoms with E-state index in [1.807, 2.05) is 11.1 Å². The van der Waals surface area contributed by atoms with Crippen molar-refractivity contribution in [2.24, 2.45) is 5.84 Å². The molecule has 82 valence electrons. The molecule has 3 heteroatoms.